The van der Waals surface area contributed by atoms with Gasteiger partial charge in [0, 0.05) is 11.3 Å². The predicted molar refractivity (Wildman–Crippen MR) is 87.6 cm³/mol. The lowest BCUT2D eigenvalue weighted by molar-refractivity contribution is 0.575. The van der Waals surface area contributed by atoms with Crippen molar-refractivity contribution < 1.29 is 16.8 Å². The molecule has 0 saturated heterocycles. The molecule has 2 aliphatic rings. The van der Waals surface area contributed by atoms with Crippen LogP contribution in [0.3, 0.4) is 0 Å². The van der Waals surface area contributed by atoms with Gasteiger partial charge in [-0.1, -0.05) is 30.3 Å². The fourth-order valence-electron chi connectivity index (χ4n) is 3.32. The molecule has 2 aliphatic heterocycles. The van der Waals surface area contributed by atoms with Crippen molar-refractivity contribution in [2.75, 3.05) is 5.75 Å². The lowest BCUT2D eigenvalue weighted by Gasteiger charge is -2.25. The van der Waals surface area contributed by atoms with Crippen molar-refractivity contribution in [1.29, 1.82) is 0 Å². The monoisotopic (exact) mass is 346 g/mol. The van der Waals surface area contributed by atoms with Crippen LogP contribution in [-0.4, -0.2) is 22.6 Å². The zero-order chi connectivity index (χ0) is 16.2. The largest absolute Gasteiger partial charge is 0.224 e. The molecule has 0 spiro atoms. The Morgan fingerprint density at radius 1 is 0.913 bits per heavy atom. The number of fused-ring (bicyclic) bond motifs is 2. The van der Waals surface area contributed by atoms with Gasteiger partial charge in [-0.3, -0.25) is 0 Å². The molecule has 0 radical (unpaired) electrons. The van der Waals surface area contributed by atoms with Crippen LogP contribution in [0.2, 0.25) is 0 Å². The Bertz CT molecular complexity index is 1050. The molecule has 6 heteroatoms. The molecule has 0 bridgehead atoms. The molecule has 23 heavy (non-hydrogen) atoms. The average Bonchev–Trinajstić information content (AvgIpc) is 2.82. The van der Waals surface area contributed by atoms with Crippen molar-refractivity contribution in [2.45, 2.75) is 22.1 Å². The van der Waals surface area contributed by atoms with Gasteiger partial charge in [-0.2, -0.15) is 0 Å². The van der Waals surface area contributed by atoms with E-state index >= 15 is 0 Å². The molecule has 1 unspecified atom stereocenters. The first kappa shape index (κ1) is 14.7. The summed E-state index contributed by atoms with van der Waals surface area (Å²) in [7, 11) is -6.64. The molecule has 2 aromatic carbocycles. The molecule has 0 aromatic heterocycles. The lowest BCUT2D eigenvalue weighted by atomic mass is 9.92. The molecule has 2 heterocycles. The smallest absolute Gasteiger partial charge is 0.200 e. The summed E-state index contributed by atoms with van der Waals surface area (Å²) in [6, 6.07) is 12.2. The fourth-order valence-corrected chi connectivity index (χ4v) is 6.36. The van der Waals surface area contributed by atoms with E-state index in [9.17, 15) is 16.8 Å². The molecule has 4 rings (SSSR count). The van der Waals surface area contributed by atoms with Crippen LogP contribution in [0.4, 0.5) is 0 Å². The summed E-state index contributed by atoms with van der Waals surface area (Å²) < 4.78 is 48.6. The van der Waals surface area contributed by atoms with Crippen LogP contribution >= 0.6 is 0 Å². The molecule has 0 amide bonds. The molecule has 0 N–H and O–H groups in total. The van der Waals surface area contributed by atoms with Gasteiger partial charge < -0.3 is 0 Å². The van der Waals surface area contributed by atoms with Gasteiger partial charge in [-0.15, -0.1) is 0 Å². The molecule has 2 aromatic rings. The fraction of sp³-hybridized carbons (Fsp3) is 0.176. The van der Waals surface area contributed by atoms with Gasteiger partial charge in [0.25, 0.3) is 0 Å². The van der Waals surface area contributed by atoms with Crippen LogP contribution in [0, 0.1) is 0 Å². The third-order valence-corrected chi connectivity index (χ3v) is 7.82. The Labute approximate surface area is 135 Å². The van der Waals surface area contributed by atoms with E-state index in [0.717, 1.165) is 11.1 Å². The molecular weight excluding hydrogens is 332 g/mol. The van der Waals surface area contributed by atoms with Crippen molar-refractivity contribution in [2.24, 2.45) is 0 Å². The second-order valence-corrected chi connectivity index (χ2v) is 9.74. The van der Waals surface area contributed by atoms with Crippen molar-refractivity contribution in [1.82, 2.24) is 0 Å². The van der Waals surface area contributed by atoms with Gasteiger partial charge in [-0.25, -0.2) is 16.8 Å². The molecular formula is C17H14O4S2. The van der Waals surface area contributed by atoms with E-state index in [1.165, 1.54) is 5.41 Å². The highest BCUT2D eigenvalue weighted by Gasteiger charge is 2.31. The second-order valence-electron chi connectivity index (χ2n) is 5.94. The topological polar surface area (TPSA) is 68.3 Å². The number of hydrogen-bond acceptors (Lipinski definition) is 4. The van der Waals surface area contributed by atoms with Crippen molar-refractivity contribution in [3.05, 3.63) is 64.6 Å². The zero-order valence-electron chi connectivity index (χ0n) is 12.1. The molecule has 118 valence electrons. The minimum Gasteiger partial charge on any atom is -0.224 e. The molecule has 1 atom stereocenters. The number of rotatable bonds is 1. The third kappa shape index (κ3) is 2.33. The van der Waals surface area contributed by atoms with E-state index in [0.29, 0.717) is 21.8 Å². The van der Waals surface area contributed by atoms with E-state index in [1.807, 2.05) is 12.1 Å². The number of sulfone groups is 2. The Morgan fingerprint density at radius 3 is 2.52 bits per heavy atom. The van der Waals surface area contributed by atoms with Crippen LogP contribution in [0.5, 0.6) is 0 Å². The highest BCUT2D eigenvalue weighted by Crippen LogP contribution is 2.36. The molecule has 4 nitrogen and oxygen atoms in total. The Hall–Kier alpha value is -1.92. The standard InChI is InChI=1S/C17H14O4S2/c18-22(19)8-7-14-9-12(5-6-17(14)22)15-10-13-3-1-2-4-16(13)23(20,21)11-15/h1-9,15H,10-11H2. The highest BCUT2D eigenvalue weighted by atomic mass is 32.2. The Morgan fingerprint density at radius 2 is 1.70 bits per heavy atom. The van der Waals surface area contributed by atoms with Gasteiger partial charge in [0.05, 0.1) is 15.5 Å². The maximum atomic E-state index is 12.5. The first-order valence-electron chi connectivity index (χ1n) is 7.25. The maximum Gasteiger partial charge on any atom is 0.200 e. The summed E-state index contributed by atoms with van der Waals surface area (Å²) in [4.78, 5) is 0.709. The third-order valence-electron chi connectivity index (χ3n) is 4.43. The van der Waals surface area contributed by atoms with Gasteiger partial charge in [0.1, 0.15) is 0 Å². The van der Waals surface area contributed by atoms with Crippen molar-refractivity contribution in [3.8, 4) is 0 Å². The molecule has 0 saturated carbocycles. The van der Waals surface area contributed by atoms with Crippen LogP contribution in [-0.2, 0) is 26.1 Å². The Balaban J connectivity index is 1.78. The minimum absolute atomic E-state index is 0.0548. The van der Waals surface area contributed by atoms with E-state index in [-0.39, 0.29) is 11.7 Å². The van der Waals surface area contributed by atoms with E-state index in [4.69, 9.17) is 0 Å². The molecule has 0 aliphatic carbocycles. The van der Waals surface area contributed by atoms with Gasteiger partial charge >= 0.3 is 0 Å². The van der Waals surface area contributed by atoms with Crippen molar-refractivity contribution in [3.63, 3.8) is 0 Å². The first-order chi connectivity index (χ1) is 10.9. The van der Waals surface area contributed by atoms with Gasteiger partial charge in [0.2, 0.25) is 0 Å². The summed E-state index contributed by atoms with van der Waals surface area (Å²) in [5.41, 5.74) is 2.33. The quantitative estimate of drug-likeness (QED) is 0.796. The van der Waals surface area contributed by atoms with Crippen LogP contribution in [0.1, 0.15) is 22.6 Å². The second kappa shape index (κ2) is 4.79. The minimum atomic E-state index is -3.32. The number of hydrogen-bond donors (Lipinski definition) is 0. The van der Waals surface area contributed by atoms with Gasteiger partial charge in [-0.05, 0) is 41.3 Å². The average molecular weight is 346 g/mol. The van der Waals surface area contributed by atoms with Crippen LogP contribution in [0.25, 0.3) is 6.08 Å². The summed E-state index contributed by atoms with van der Waals surface area (Å²) in [6.45, 7) is 0. The summed E-state index contributed by atoms with van der Waals surface area (Å²) in [5.74, 6) is -0.101. The highest BCUT2D eigenvalue weighted by molar-refractivity contribution is 7.94. The van der Waals surface area contributed by atoms with Crippen LogP contribution in [0.15, 0.2) is 57.7 Å². The van der Waals surface area contributed by atoms with E-state index in [1.54, 1.807) is 36.4 Å². The summed E-state index contributed by atoms with van der Waals surface area (Å²) in [6.07, 6.45) is 2.21. The Kier molecular flexibility index (Phi) is 3.05. The first-order valence-corrected chi connectivity index (χ1v) is 10.4. The molecule has 0 fully saturated rings. The summed E-state index contributed by atoms with van der Waals surface area (Å²) in [5, 5.41) is 1.19. The lowest BCUT2D eigenvalue weighted by Crippen LogP contribution is -2.24. The normalized spacial score (nSPS) is 23.2. The number of benzene rings is 2. The zero-order valence-corrected chi connectivity index (χ0v) is 13.8. The SMILES string of the molecule is O=S1(=O)C=Cc2cc(C3Cc4ccccc4S(=O)(=O)C3)ccc21. The van der Waals surface area contributed by atoms with Gasteiger partial charge in [0.15, 0.2) is 19.7 Å². The predicted octanol–water partition coefficient (Wildman–Crippen LogP) is 2.56. The van der Waals surface area contributed by atoms with E-state index < -0.39 is 19.7 Å². The van der Waals surface area contributed by atoms with Crippen LogP contribution < -0.4 is 0 Å². The van der Waals surface area contributed by atoms with E-state index in [2.05, 4.69) is 0 Å². The van der Waals surface area contributed by atoms with Crippen molar-refractivity contribution >= 4 is 25.8 Å². The maximum absolute atomic E-state index is 12.5. The summed E-state index contributed by atoms with van der Waals surface area (Å²) >= 11 is 0.